The van der Waals surface area contributed by atoms with Crippen LogP contribution in [-0.2, 0) is 30.0 Å². The molecule has 2 aromatic heterocycles. The number of hydrogen-bond donors (Lipinski definition) is 3. The molecule has 0 aliphatic rings. The number of carbonyl (C=O) groups is 1. The molecule has 2 heterocycles. The number of likely N-dealkylation sites (N-methyl/N-ethyl adjacent to an activating group) is 1. The van der Waals surface area contributed by atoms with Gasteiger partial charge in [0.1, 0.15) is 36.2 Å². The standard InChI is InChI=1S/C28H34F2N8O4/c1-35(16-28(41,17-36-19-31-18-32-36)24-12-9-22(29)14-25(24)30)15-21-7-10-23(11-8-21)37-20-33-38(27(37)40)13-5-3-2-4-6-26(39)34-42/h7-12,14,18-20,41-42H,2-6,13,15-17H2,1H3,(H,34,39). The first kappa shape index (κ1) is 30.7. The number of unbranched alkanes of at least 4 members (excludes halogenated alkanes) is 3. The van der Waals surface area contributed by atoms with Crippen molar-refractivity contribution < 1.29 is 23.9 Å². The zero-order valence-corrected chi connectivity index (χ0v) is 23.2. The summed E-state index contributed by atoms with van der Waals surface area (Å²) in [5.41, 5.74) is 1.10. The van der Waals surface area contributed by atoms with Crippen molar-refractivity contribution in [1.82, 2.24) is 39.5 Å². The molecule has 1 atom stereocenters. The van der Waals surface area contributed by atoms with Gasteiger partial charge in [-0.15, -0.1) is 0 Å². The highest BCUT2D eigenvalue weighted by Gasteiger charge is 2.35. The second-order valence-corrected chi connectivity index (χ2v) is 10.3. The predicted molar refractivity (Wildman–Crippen MR) is 147 cm³/mol. The minimum atomic E-state index is -1.73. The summed E-state index contributed by atoms with van der Waals surface area (Å²) >= 11 is 0. The Morgan fingerprint density at radius 3 is 2.50 bits per heavy atom. The van der Waals surface area contributed by atoms with Crippen molar-refractivity contribution in [2.24, 2.45) is 0 Å². The number of rotatable bonds is 15. The third-order valence-electron chi connectivity index (χ3n) is 6.90. The number of nitrogens with one attached hydrogen (secondary N) is 1. The molecule has 0 radical (unpaired) electrons. The van der Waals surface area contributed by atoms with Crippen LogP contribution in [0.4, 0.5) is 8.78 Å². The van der Waals surface area contributed by atoms with Crippen molar-refractivity contribution >= 4 is 5.91 Å². The first-order valence-electron chi connectivity index (χ1n) is 13.5. The number of aromatic nitrogens is 6. The van der Waals surface area contributed by atoms with Gasteiger partial charge in [-0.3, -0.25) is 14.9 Å². The molecule has 224 valence electrons. The minimum absolute atomic E-state index is 0.0119. The van der Waals surface area contributed by atoms with E-state index in [1.807, 2.05) is 17.0 Å². The first-order chi connectivity index (χ1) is 20.2. The maximum Gasteiger partial charge on any atom is 0.350 e. The Morgan fingerprint density at radius 2 is 1.81 bits per heavy atom. The lowest BCUT2D eigenvalue weighted by molar-refractivity contribution is -0.129. The Morgan fingerprint density at radius 1 is 1.05 bits per heavy atom. The lowest BCUT2D eigenvalue weighted by Crippen LogP contribution is -2.43. The summed E-state index contributed by atoms with van der Waals surface area (Å²) in [6.45, 7) is 0.772. The van der Waals surface area contributed by atoms with Crippen molar-refractivity contribution in [3.63, 3.8) is 0 Å². The first-order valence-corrected chi connectivity index (χ1v) is 13.5. The molecule has 0 saturated heterocycles. The van der Waals surface area contributed by atoms with E-state index >= 15 is 0 Å². The van der Waals surface area contributed by atoms with Gasteiger partial charge in [0.15, 0.2) is 0 Å². The summed E-state index contributed by atoms with van der Waals surface area (Å²) in [5.74, 6) is -2.00. The molecule has 4 aromatic rings. The van der Waals surface area contributed by atoms with Crippen LogP contribution in [0, 0.1) is 11.6 Å². The Kier molecular flexibility index (Phi) is 10.3. The summed E-state index contributed by atoms with van der Waals surface area (Å²) in [6, 6.07) is 10.4. The molecule has 0 aliphatic carbocycles. The number of hydroxylamine groups is 1. The van der Waals surface area contributed by atoms with E-state index in [9.17, 15) is 23.5 Å². The summed E-state index contributed by atoms with van der Waals surface area (Å²) in [6.07, 6.45) is 7.46. The summed E-state index contributed by atoms with van der Waals surface area (Å²) in [7, 11) is 1.78. The maximum absolute atomic E-state index is 14.7. The zero-order chi connectivity index (χ0) is 30.1. The van der Waals surface area contributed by atoms with E-state index in [-0.39, 0.29) is 30.8 Å². The van der Waals surface area contributed by atoms with E-state index in [1.165, 1.54) is 39.0 Å². The number of aryl methyl sites for hydroxylation is 1. The molecule has 4 rings (SSSR count). The van der Waals surface area contributed by atoms with Gasteiger partial charge in [-0.1, -0.05) is 31.0 Å². The van der Waals surface area contributed by atoms with Crippen molar-refractivity contribution in [3.05, 3.63) is 94.7 Å². The molecule has 12 nitrogen and oxygen atoms in total. The molecular weight excluding hydrogens is 550 g/mol. The minimum Gasteiger partial charge on any atom is -0.382 e. The monoisotopic (exact) mass is 584 g/mol. The SMILES string of the molecule is CN(Cc1ccc(-n2cnn(CCCCCCC(=O)NO)c2=O)cc1)CC(O)(Cn1cncn1)c1ccc(F)cc1F. The average molecular weight is 585 g/mol. The quantitative estimate of drug-likeness (QED) is 0.110. The van der Waals surface area contributed by atoms with Crippen LogP contribution in [0.2, 0.25) is 0 Å². The molecular formula is C28H34F2N8O4. The van der Waals surface area contributed by atoms with E-state index in [0.717, 1.165) is 37.0 Å². The van der Waals surface area contributed by atoms with Crippen LogP contribution in [-0.4, -0.2) is 63.8 Å². The van der Waals surface area contributed by atoms with Crippen molar-refractivity contribution in [1.29, 1.82) is 0 Å². The van der Waals surface area contributed by atoms with Gasteiger partial charge in [0.2, 0.25) is 5.91 Å². The fraction of sp³-hybridized carbons (Fsp3) is 0.393. The number of carbonyl (C=O) groups excluding carboxylic acids is 1. The van der Waals surface area contributed by atoms with Gasteiger partial charge in [-0.25, -0.2) is 38.0 Å². The second-order valence-electron chi connectivity index (χ2n) is 10.3. The van der Waals surface area contributed by atoms with Crippen LogP contribution < -0.4 is 11.2 Å². The van der Waals surface area contributed by atoms with Gasteiger partial charge < -0.3 is 5.11 Å². The second kappa shape index (κ2) is 14.1. The Hall–Kier alpha value is -4.27. The Bertz CT molecular complexity index is 1510. The number of amides is 1. The molecule has 0 fully saturated rings. The van der Waals surface area contributed by atoms with Crippen molar-refractivity contribution in [2.45, 2.75) is 57.3 Å². The molecule has 2 aromatic carbocycles. The molecule has 42 heavy (non-hydrogen) atoms. The average Bonchev–Trinajstić information content (AvgIpc) is 3.60. The van der Waals surface area contributed by atoms with Crippen LogP contribution in [0.25, 0.3) is 5.69 Å². The van der Waals surface area contributed by atoms with Crippen molar-refractivity contribution in [3.8, 4) is 5.69 Å². The van der Waals surface area contributed by atoms with E-state index in [2.05, 4.69) is 15.2 Å². The van der Waals surface area contributed by atoms with Gasteiger partial charge in [0, 0.05) is 37.7 Å². The van der Waals surface area contributed by atoms with Gasteiger partial charge in [0.25, 0.3) is 0 Å². The Balaban J connectivity index is 1.37. The fourth-order valence-corrected chi connectivity index (χ4v) is 4.87. The topological polar surface area (TPSA) is 143 Å². The molecule has 0 spiro atoms. The van der Waals surface area contributed by atoms with Crippen LogP contribution in [0.1, 0.15) is 43.2 Å². The van der Waals surface area contributed by atoms with Gasteiger partial charge >= 0.3 is 5.69 Å². The summed E-state index contributed by atoms with van der Waals surface area (Å²) < 4.78 is 32.5. The summed E-state index contributed by atoms with van der Waals surface area (Å²) in [5, 5.41) is 28.3. The molecule has 1 amide bonds. The van der Waals surface area contributed by atoms with Crippen LogP contribution in [0.3, 0.4) is 0 Å². The van der Waals surface area contributed by atoms with Crippen LogP contribution in [0.15, 0.2) is 66.2 Å². The number of nitrogens with zero attached hydrogens (tertiary/aromatic N) is 7. The highest BCUT2D eigenvalue weighted by molar-refractivity contribution is 5.74. The van der Waals surface area contributed by atoms with E-state index in [0.29, 0.717) is 25.2 Å². The predicted octanol–water partition coefficient (Wildman–Crippen LogP) is 2.38. The van der Waals surface area contributed by atoms with Gasteiger partial charge in [-0.05, 0) is 43.7 Å². The van der Waals surface area contributed by atoms with E-state index in [4.69, 9.17) is 5.21 Å². The third kappa shape index (κ3) is 7.93. The fourth-order valence-electron chi connectivity index (χ4n) is 4.87. The number of halogens is 2. The molecule has 0 saturated carbocycles. The molecule has 0 bridgehead atoms. The number of aliphatic hydroxyl groups is 1. The van der Waals surface area contributed by atoms with E-state index in [1.54, 1.807) is 24.7 Å². The maximum atomic E-state index is 14.7. The van der Waals surface area contributed by atoms with Crippen molar-refractivity contribution in [2.75, 3.05) is 13.6 Å². The van der Waals surface area contributed by atoms with Gasteiger partial charge in [0.05, 0.1) is 12.2 Å². The van der Waals surface area contributed by atoms with E-state index < -0.39 is 23.1 Å². The number of benzene rings is 2. The number of hydrogen-bond acceptors (Lipinski definition) is 8. The molecule has 14 heteroatoms. The smallest absolute Gasteiger partial charge is 0.350 e. The van der Waals surface area contributed by atoms with Gasteiger partial charge in [-0.2, -0.15) is 10.2 Å². The van der Waals surface area contributed by atoms with Crippen LogP contribution in [0.5, 0.6) is 0 Å². The highest BCUT2D eigenvalue weighted by atomic mass is 19.1. The largest absolute Gasteiger partial charge is 0.382 e. The molecule has 3 N–H and O–H groups in total. The summed E-state index contributed by atoms with van der Waals surface area (Å²) in [4.78, 5) is 29.6. The van der Waals surface area contributed by atoms with Crippen LogP contribution >= 0.6 is 0 Å². The zero-order valence-electron chi connectivity index (χ0n) is 23.2. The lowest BCUT2D eigenvalue weighted by atomic mass is 9.92. The molecule has 1 unspecified atom stereocenters. The molecule has 0 aliphatic heterocycles. The third-order valence-corrected chi connectivity index (χ3v) is 6.90. The lowest BCUT2D eigenvalue weighted by Gasteiger charge is -2.33. The normalized spacial score (nSPS) is 12.9. The Labute approximate surface area is 240 Å². The highest BCUT2D eigenvalue weighted by Crippen LogP contribution is 2.28.